The summed E-state index contributed by atoms with van der Waals surface area (Å²) < 4.78 is 18.3. The van der Waals surface area contributed by atoms with E-state index in [0.29, 0.717) is 32.2 Å². The Morgan fingerprint density at radius 3 is 2.23 bits per heavy atom. The Bertz CT molecular complexity index is 809. The first-order chi connectivity index (χ1) is 18.3. The predicted octanol–water partition coefficient (Wildman–Crippen LogP) is 2.00. The zero-order valence-electron chi connectivity index (χ0n) is 26.7. The monoisotopic (exact) mass is 574 g/mol. The van der Waals surface area contributed by atoms with Gasteiger partial charge < -0.3 is 44.4 Å². The van der Waals surface area contributed by atoms with Crippen LogP contribution in [-0.2, 0) is 19.0 Å². The van der Waals surface area contributed by atoms with E-state index in [9.17, 15) is 25.2 Å². The molecule has 0 saturated carbocycles. The molecule has 4 N–H and O–H groups in total. The van der Waals surface area contributed by atoms with Crippen molar-refractivity contribution in [2.75, 3.05) is 27.7 Å². The normalized spacial score (nSPS) is 47.4. The highest BCUT2D eigenvalue weighted by Crippen LogP contribution is 2.36. The molecule has 0 radical (unpaired) electrons. The SMILES string of the molecule is CCC1OC(=O)C(C)CC(C)C(OC2OC(C)CC(N(C)C)C2O)C(C)(O)CC(C)CN(C)C(C)C(O)C1(C)O. The number of cyclic esters (lactones) is 1. The minimum absolute atomic E-state index is 0.00838. The maximum absolute atomic E-state index is 13.2. The third-order valence-electron chi connectivity index (χ3n) is 9.21. The third-order valence-corrected chi connectivity index (χ3v) is 9.21. The van der Waals surface area contributed by atoms with E-state index < -0.39 is 59.8 Å². The number of rotatable bonds is 4. The van der Waals surface area contributed by atoms with Crippen LogP contribution in [0.1, 0.15) is 81.1 Å². The molecule has 2 aliphatic heterocycles. The van der Waals surface area contributed by atoms with E-state index in [2.05, 4.69) is 0 Å². The molecule has 0 aromatic carbocycles. The predicted molar refractivity (Wildman–Crippen MR) is 154 cm³/mol. The number of hydrogen-bond acceptors (Lipinski definition) is 10. The van der Waals surface area contributed by atoms with Gasteiger partial charge in [-0.2, -0.15) is 0 Å². The lowest BCUT2D eigenvalue weighted by Gasteiger charge is -2.46. The van der Waals surface area contributed by atoms with Crippen LogP contribution in [0.5, 0.6) is 0 Å². The second-order valence-corrected chi connectivity index (χ2v) is 13.6. The van der Waals surface area contributed by atoms with Crippen LogP contribution < -0.4 is 0 Å². The summed E-state index contributed by atoms with van der Waals surface area (Å²) in [6.45, 7) is 15.1. The average Bonchev–Trinajstić information content (AvgIpc) is 2.84. The van der Waals surface area contributed by atoms with Gasteiger partial charge in [0, 0.05) is 18.6 Å². The van der Waals surface area contributed by atoms with Crippen LogP contribution in [0.25, 0.3) is 0 Å². The van der Waals surface area contributed by atoms with Crippen molar-refractivity contribution in [2.24, 2.45) is 17.8 Å². The molecule has 0 amide bonds. The van der Waals surface area contributed by atoms with Crippen LogP contribution in [0.15, 0.2) is 0 Å². The van der Waals surface area contributed by atoms with E-state index in [0.717, 1.165) is 0 Å². The minimum Gasteiger partial charge on any atom is -0.459 e. The highest BCUT2D eigenvalue weighted by Gasteiger charge is 2.48. The molecule has 2 saturated heterocycles. The van der Waals surface area contributed by atoms with Crippen LogP contribution in [0, 0.1) is 17.8 Å². The summed E-state index contributed by atoms with van der Waals surface area (Å²) in [5, 5.41) is 45.6. The number of carbonyl (C=O) groups is 1. The summed E-state index contributed by atoms with van der Waals surface area (Å²) >= 11 is 0. The molecule has 2 rings (SSSR count). The Labute approximate surface area is 242 Å². The number of nitrogens with zero attached hydrogens (tertiary/aromatic N) is 2. The van der Waals surface area contributed by atoms with Gasteiger partial charge in [0.2, 0.25) is 0 Å². The average molecular weight is 575 g/mol. The van der Waals surface area contributed by atoms with Crippen LogP contribution in [0.4, 0.5) is 0 Å². The number of aliphatic hydroxyl groups is 4. The van der Waals surface area contributed by atoms with Gasteiger partial charge in [0.05, 0.1) is 23.7 Å². The smallest absolute Gasteiger partial charge is 0.309 e. The van der Waals surface area contributed by atoms with E-state index in [4.69, 9.17) is 14.2 Å². The minimum atomic E-state index is -1.65. The number of carbonyl (C=O) groups excluding carboxylic acids is 1. The maximum Gasteiger partial charge on any atom is 0.309 e. The Morgan fingerprint density at radius 2 is 1.68 bits per heavy atom. The summed E-state index contributed by atoms with van der Waals surface area (Å²) in [5.74, 6) is -1.36. The molecule has 2 fully saturated rings. The lowest BCUT2D eigenvalue weighted by molar-refractivity contribution is -0.295. The molecule has 0 aliphatic carbocycles. The second kappa shape index (κ2) is 14.1. The first-order valence-corrected chi connectivity index (χ1v) is 15.0. The highest BCUT2D eigenvalue weighted by atomic mass is 16.7. The van der Waals surface area contributed by atoms with Crippen LogP contribution >= 0.6 is 0 Å². The molecule has 10 heteroatoms. The van der Waals surface area contributed by atoms with Crippen molar-refractivity contribution < 1.29 is 39.4 Å². The van der Waals surface area contributed by atoms with Gasteiger partial charge in [-0.15, -0.1) is 0 Å². The van der Waals surface area contributed by atoms with Gasteiger partial charge in [0.25, 0.3) is 0 Å². The number of esters is 1. The Hall–Kier alpha value is -0.850. The number of ether oxygens (including phenoxy) is 3. The molecule has 10 nitrogen and oxygen atoms in total. The first-order valence-electron chi connectivity index (χ1n) is 15.0. The fraction of sp³-hybridized carbons (Fsp3) is 0.967. The summed E-state index contributed by atoms with van der Waals surface area (Å²) in [7, 11) is 5.69. The van der Waals surface area contributed by atoms with Gasteiger partial charge in [-0.1, -0.05) is 27.7 Å². The lowest BCUT2D eigenvalue weighted by atomic mass is 9.79. The van der Waals surface area contributed by atoms with Crippen LogP contribution in [0.2, 0.25) is 0 Å². The fourth-order valence-corrected chi connectivity index (χ4v) is 6.81. The third kappa shape index (κ3) is 8.37. The van der Waals surface area contributed by atoms with Crippen molar-refractivity contribution in [2.45, 2.75) is 141 Å². The molecule has 0 spiro atoms. The zero-order chi connectivity index (χ0) is 30.7. The Kier molecular flexibility index (Phi) is 12.4. The molecule has 0 aromatic rings. The first kappa shape index (κ1) is 35.3. The molecular weight excluding hydrogens is 516 g/mol. The molecule has 2 aliphatic rings. The van der Waals surface area contributed by atoms with Gasteiger partial charge in [0.15, 0.2) is 6.29 Å². The quantitative estimate of drug-likeness (QED) is 0.370. The lowest BCUT2D eigenvalue weighted by Crippen LogP contribution is -2.59. The maximum atomic E-state index is 13.2. The van der Waals surface area contributed by atoms with E-state index in [1.165, 1.54) is 6.92 Å². The fourth-order valence-electron chi connectivity index (χ4n) is 6.81. The Morgan fingerprint density at radius 1 is 1.07 bits per heavy atom. The van der Waals surface area contributed by atoms with Crippen molar-refractivity contribution in [1.82, 2.24) is 9.80 Å². The number of aliphatic hydroxyl groups excluding tert-OH is 2. The number of hydrogen-bond donors (Lipinski definition) is 4. The van der Waals surface area contributed by atoms with Crippen molar-refractivity contribution in [1.29, 1.82) is 0 Å². The highest BCUT2D eigenvalue weighted by molar-refractivity contribution is 5.72. The van der Waals surface area contributed by atoms with Gasteiger partial charge >= 0.3 is 5.97 Å². The molecule has 236 valence electrons. The molecule has 40 heavy (non-hydrogen) atoms. The van der Waals surface area contributed by atoms with Crippen molar-refractivity contribution in [3.8, 4) is 0 Å². The largest absolute Gasteiger partial charge is 0.459 e. The standard InChI is InChI=1S/C30H58N2O8/c1-12-23-30(8,37)25(34)21(6)32(11)16-17(2)15-29(7,36)26(18(3)13-19(4)27(35)39-23)40-28-24(33)22(31(9)10)14-20(5)38-28/h17-26,28,33-34,36-37H,12-16H2,1-11H3. The summed E-state index contributed by atoms with van der Waals surface area (Å²) in [6.07, 6.45) is -3.09. The van der Waals surface area contributed by atoms with Gasteiger partial charge in [-0.25, -0.2) is 0 Å². The van der Waals surface area contributed by atoms with Crippen molar-refractivity contribution >= 4 is 5.97 Å². The van der Waals surface area contributed by atoms with Crippen molar-refractivity contribution in [3.63, 3.8) is 0 Å². The molecule has 0 bridgehead atoms. The van der Waals surface area contributed by atoms with Gasteiger partial charge in [0.1, 0.15) is 23.9 Å². The molecular formula is C30H58N2O8. The van der Waals surface area contributed by atoms with Crippen LogP contribution in [-0.4, -0.2) is 124 Å². The number of likely N-dealkylation sites (N-methyl/N-ethyl adjacent to an activating group) is 2. The van der Waals surface area contributed by atoms with E-state index in [1.807, 2.05) is 65.6 Å². The summed E-state index contributed by atoms with van der Waals surface area (Å²) in [5.41, 5.74) is -2.97. The molecule has 13 atom stereocenters. The zero-order valence-corrected chi connectivity index (χ0v) is 26.7. The van der Waals surface area contributed by atoms with Crippen LogP contribution in [0.3, 0.4) is 0 Å². The summed E-state index contributed by atoms with van der Waals surface area (Å²) in [4.78, 5) is 17.1. The van der Waals surface area contributed by atoms with E-state index in [1.54, 1.807) is 13.8 Å². The van der Waals surface area contributed by atoms with Gasteiger partial charge in [-0.05, 0) is 86.4 Å². The molecule has 13 unspecified atom stereocenters. The molecule has 2 heterocycles. The van der Waals surface area contributed by atoms with Gasteiger partial charge in [-0.3, -0.25) is 4.79 Å². The van der Waals surface area contributed by atoms with E-state index >= 15 is 0 Å². The topological polar surface area (TPSA) is 132 Å². The Balaban J connectivity index is 2.45. The second-order valence-electron chi connectivity index (χ2n) is 13.6. The summed E-state index contributed by atoms with van der Waals surface area (Å²) in [6, 6.07) is -0.608. The van der Waals surface area contributed by atoms with E-state index in [-0.39, 0.29) is 24.0 Å². The molecule has 0 aromatic heterocycles. The van der Waals surface area contributed by atoms with Crippen molar-refractivity contribution in [3.05, 3.63) is 0 Å².